The van der Waals surface area contributed by atoms with Crippen LogP contribution in [0.25, 0.3) is 0 Å². The maximum atomic E-state index is 9.20. The minimum Gasteiger partial charge on any atom is -0.495 e. The highest BCUT2D eigenvalue weighted by Crippen LogP contribution is 2.37. The Morgan fingerprint density at radius 2 is 1.79 bits per heavy atom. The summed E-state index contributed by atoms with van der Waals surface area (Å²) < 4.78 is 17.2. The Bertz CT molecular complexity index is 521. The molecule has 1 fully saturated rings. The predicted molar refractivity (Wildman–Crippen MR) is 71.2 cm³/mol. The van der Waals surface area contributed by atoms with Gasteiger partial charge in [0.15, 0.2) is 0 Å². The van der Waals surface area contributed by atoms with E-state index >= 15 is 0 Å². The third kappa shape index (κ3) is 2.20. The number of pyridine rings is 1. The van der Waals surface area contributed by atoms with Crippen LogP contribution in [0, 0.1) is 11.3 Å². The molecule has 0 bridgehead atoms. The van der Waals surface area contributed by atoms with Gasteiger partial charge in [-0.05, 0) is 27.7 Å². The third-order valence-corrected chi connectivity index (χ3v) is 3.78. The first-order valence-corrected chi connectivity index (χ1v) is 6.10. The number of methoxy groups -OCH3 is 1. The largest absolute Gasteiger partial charge is 0.500 e. The van der Waals surface area contributed by atoms with Gasteiger partial charge in [0.2, 0.25) is 0 Å². The van der Waals surface area contributed by atoms with Gasteiger partial charge in [-0.25, -0.2) is 0 Å². The molecule has 2 heterocycles. The molecule has 100 valence electrons. The van der Waals surface area contributed by atoms with Crippen LogP contribution in [0.5, 0.6) is 5.75 Å². The van der Waals surface area contributed by atoms with Crippen LogP contribution in [0.3, 0.4) is 0 Å². The topological polar surface area (TPSA) is 64.4 Å². The SMILES string of the molecule is COc1cncc(C#N)c1B1OC(C)(C)C(C)(C)O1. The zero-order chi connectivity index (χ0) is 14.3. The summed E-state index contributed by atoms with van der Waals surface area (Å²) in [5.74, 6) is 0.498. The molecule has 0 aromatic carbocycles. The average Bonchev–Trinajstić information content (AvgIpc) is 2.57. The maximum absolute atomic E-state index is 9.20. The first-order chi connectivity index (χ1) is 8.82. The maximum Gasteiger partial charge on any atom is 0.500 e. The Morgan fingerprint density at radius 1 is 1.21 bits per heavy atom. The van der Waals surface area contributed by atoms with Crippen LogP contribution in [-0.4, -0.2) is 30.4 Å². The summed E-state index contributed by atoms with van der Waals surface area (Å²) in [6.07, 6.45) is 3.05. The Morgan fingerprint density at radius 3 is 2.26 bits per heavy atom. The number of hydrogen-bond donors (Lipinski definition) is 0. The van der Waals surface area contributed by atoms with E-state index in [0.29, 0.717) is 16.8 Å². The Hall–Kier alpha value is -1.58. The van der Waals surface area contributed by atoms with E-state index in [1.165, 1.54) is 13.3 Å². The normalized spacial score (nSPS) is 20.1. The fraction of sp³-hybridized carbons (Fsp3) is 0.538. The highest BCUT2D eigenvalue weighted by atomic mass is 16.7. The number of hydrogen-bond acceptors (Lipinski definition) is 5. The van der Waals surface area contributed by atoms with Crippen molar-refractivity contribution in [3.05, 3.63) is 18.0 Å². The van der Waals surface area contributed by atoms with Gasteiger partial charge in [0.1, 0.15) is 11.8 Å². The summed E-state index contributed by atoms with van der Waals surface area (Å²) in [5, 5.41) is 9.20. The molecule has 0 atom stereocenters. The molecule has 0 aliphatic carbocycles. The van der Waals surface area contributed by atoms with Gasteiger partial charge in [0, 0.05) is 11.7 Å². The lowest BCUT2D eigenvalue weighted by molar-refractivity contribution is 0.00578. The van der Waals surface area contributed by atoms with Crippen molar-refractivity contribution in [2.24, 2.45) is 0 Å². The second-order valence-electron chi connectivity index (χ2n) is 5.50. The van der Waals surface area contributed by atoms with E-state index in [-0.39, 0.29) is 0 Å². The summed E-state index contributed by atoms with van der Waals surface area (Å²) >= 11 is 0. The first kappa shape index (κ1) is 13.8. The summed E-state index contributed by atoms with van der Waals surface area (Å²) in [7, 11) is 0.907. The van der Waals surface area contributed by atoms with Crippen LogP contribution in [0.15, 0.2) is 12.4 Å². The second kappa shape index (κ2) is 4.51. The van der Waals surface area contributed by atoms with Gasteiger partial charge in [-0.1, -0.05) is 0 Å². The van der Waals surface area contributed by atoms with Crippen LogP contribution >= 0.6 is 0 Å². The van der Waals surface area contributed by atoms with Crippen molar-refractivity contribution >= 4 is 12.6 Å². The molecular formula is C13H17BN2O3. The van der Waals surface area contributed by atoms with E-state index in [1.54, 1.807) is 6.20 Å². The molecule has 19 heavy (non-hydrogen) atoms. The van der Waals surface area contributed by atoms with Crippen LogP contribution in [0.2, 0.25) is 0 Å². The van der Waals surface area contributed by atoms with Crippen molar-refractivity contribution in [2.45, 2.75) is 38.9 Å². The fourth-order valence-electron chi connectivity index (χ4n) is 1.91. The van der Waals surface area contributed by atoms with Gasteiger partial charge in [-0.2, -0.15) is 5.26 Å². The zero-order valence-corrected chi connectivity index (χ0v) is 11.9. The Labute approximate surface area is 113 Å². The molecule has 0 N–H and O–H groups in total. The third-order valence-electron chi connectivity index (χ3n) is 3.78. The predicted octanol–water partition coefficient (Wildman–Crippen LogP) is 1.26. The van der Waals surface area contributed by atoms with Gasteiger partial charge in [-0.15, -0.1) is 0 Å². The minimum absolute atomic E-state index is 0.401. The van der Waals surface area contributed by atoms with Crippen molar-refractivity contribution in [2.75, 3.05) is 7.11 Å². The summed E-state index contributed by atoms with van der Waals surface area (Å²) in [6.45, 7) is 7.86. The lowest BCUT2D eigenvalue weighted by atomic mass is 9.76. The molecule has 2 rings (SSSR count). The molecule has 1 aliphatic heterocycles. The highest BCUT2D eigenvalue weighted by Gasteiger charge is 2.53. The van der Waals surface area contributed by atoms with E-state index in [9.17, 15) is 5.26 Å². The molecule has 1 aliphatic rings. The molecule has 6 heteroatoms. The number of rotatable bonds is 2. The summed E-state index contributed by atoms with van der Waals surface area (Å²) in [5.41, 5.74) is 0.0775. The van der Waals surface area contributed by atoms with Crippen LogP contribution in [0.4, 0.5) is 0 Å². The molecule has 1 aromatic rings. The molecule has 1 saturated heterocycles. The highest BCUT2D eigenvalue weighted by molar-refractivity contribution is 6.63. The van der Waals surface area contributed by atoms with E-state index in [1.807, 2.05) is 27.7 Å². The first-order valence-electron chi connectivity index (χ1n) is 6.10. The standard InChI is InChI=1S/C13H17BN2O3/c1-12(2)13(3,4)19-14(18-12)11-9(6-15)7-16-8-10(11)17-5/h7-8H,1-5H3. The summed E-state index contributed by atoms with van der Waals surface area (Å²) in [6, 6.07) is 2.10. The van der Waals surface area contributed by atoms with E-state index in [2.05, 4.69) is 11.1 Å². The van der Waals surface area contributed by atoms with Crippen LogP contribution in [0.1, 0.15) is 33.3 Å². The van der Waals surface area contributed by atoms with Gasteiger partial charge >= 0.3 is 7.12 Å². The molecule has 0 spiro atoms. The van der Waals surface area contributed by atoms with Gasteiger partial charge in [0.25, 0.3) is 0 Å². The molecule has 0 unspecified atom stereocenters. The molecule has 1 aromatic heterocycles. The van der Waals surface area contributed by atoms with E-state index in [4.69, 9.17) is 14.0 Å². The lowest BCUT2D eigenvalue weighted by Crippen LogP contribution is -2.41. The monoisotopic (exact) mass is 260 g/mol. The molecule has 0 radical (unpaired) electrons. The van der Waals surface area contributed by atoms with Crippen LogP contribution < -0.4 is 10.2 Å². The Balaban J connectivity index is 2.48. The molecule has 0 amide bonds. The zero-order valence-electron chi connectivity index (χ0n) is 11.9. The number of aromatic nitrogens is 1. The number of nitrogens with zero attached hydrogens (tertiary/aromatic N) is 2. The Kier molecular flexibility index (Phi) is 3.29. The molecular weight excluding hydrogens is 243 g/mol. The van der Waals surface area contributed by atoms with Gasteiger partial charge in [0.05, 0.1) is 30.1 Å². The fourth-order valence-corrected chi connectivity index (χ4v) is 1.91. The summed E-state index contributed by atoms with van der Waals surface area (Å²) in [4.78, 5) is 3.97. The second-order valence-corrected chi connectivity index (χ2v) is 5.50. The van der Waals surface area contributed by atoms with Gasteiger partial charge < -0.3 is 14.0 Å². The average molecular weight is 260 g/mol. The van der Waals surface area contributed by atoms with E-state index < -0.39 is 18.3 Å². The van der Waals surface area contributed by atoms with E-state index in [0.717, 1.165) is 0 Å². The number of ether oxygens (including phenoxy) is 1. The van der Waals surface area contributed by atoms with Crippen molar-refractivity contribution < 1.29 is 14.0 Å². The van der Waals surface area contributed by atoms with Gasteiger partial charge in [-0.3, -0.25) is 4.98 Å². The van der Waals surface area contributed by atoms with Crippen molar-refractivity contribution in [3.63, 3.8) is 0 Å². The van der Waals surface area contributed by atoms with Crippen molar-refractivity contribution in [1.29, 1.82) is 5.26 Å². The molecule has 5 nitrogen and oxygen atoms in total. The number of nitriles is 1. The van der Waals surface area contributed by atoms with Crippen molar-refractivity contribution in [3.8, 4) is 11.8 Å². The van der Waals surface area contributed by atoms with Crippen LogP contribution in [-0.2, 0) is 9.31 Å². The molecule has 0 saturated carbocycles. The van der Waals surface area contributed by atoms with Crippen molar-refractivity contribution in [1.82, 2.24) is 4.98 Å². The lowest BCUT2D eigenvalue weighted by Gasteiger charge is -2.32. The quantitative estimate of drug-likeness (QED) is 0.749. The minimum atomic E-state index is -0.627. The smallest absolute Gasteiger partial charge is 0.495 e.